The molecule has 1 heterocycles. The zero-order chi connectivity index (χ0) is 20.5. The van der Waals surface area contributed by atoms with E-state index in [2.05, 4.69) is 40.3 Å². The molecule has 0 saturated heterocycles. The Hall–Kier alpha value is -1.35. The van der Waals surface area contributed by atoms with E-state index in [-0.39, 0.29) is 12.6 Å². The summed E-state index contributed by atoms with van der Waals surface area (Å²) in [6.45, 7) is 14.3. The van der Waals surface area contributed by atoms with Crippen LogP contribution in [-0.2, 0) is 9.53 Å². The van der Waals surface area contributed by atoms with Crippen LogP contribution in [0, 0.1) is 22.7 Å². The summed E-state index contributed by atoms with van der Waals surface area (Å²) in [5.74, 6) is 1.13. The van der Waals surface area contributed by atoms with Gasteiger partial charge in [0.05, 0.1) is 6.10 Å². The fourth-order valence-electron chi connectivity index (χ4n) is 6.00. The molecule has 2 saturated carbocycles. The third kappa shape index (κ3) is 4.01. The Morgan fingerprint density at radius 2 is 2.18 bits per heavy atom. The highest BCUT2D eigenvalue weighted by atomic mass is 16.5. The summed E-state index contributed by atoms with van der Waals surface area (Å²) in [6.07, 6.45) is 12.2. The van der Waals surface area contributed by atoms with Crippen molar-refractivity contribution in [1.29, 1.82) is 0 Å². The van der Waals surface area contributed by atoms with Crippen LogP contribution in [0.25, 0.3) is 0 Å². The Morgan fingerprint density at radius 1 is 1.43 bits per heavy atom. The van der Waals surface area contributed by atoms with Crippen LogP contribution in [0.4, 0.5) is 0 Å². The molecule has 3 nitrogen and oxygen atoms in total. The number of aliphatic hydroxyl groups excluding tert-OH is 1. The van der Waals surface area contributed by atoms with E-state index < -0.39 is 6.10 Å². The molecule has 0 aromatic carbocycles. The molecule has 2 aliphatic carbocycles. The fourth-order valence-corrected chi connectivity index (χ4v) is 6.00. The quantitative estimate of drug-likeness (QED) is 0.467. The number of cyclic esters (lactones) is 1. The average Bonchev–Trinajstić information content (AvgIpc) is 3.10. The van der Waals surface area contributed by atoms with Gasteiger partial charge in [0, 0.05) is 11.6 Å². The number of hydrogen-bond donors (Lipinski definition) is 1. The van der Waals surface area contributed by atoms with E-state index in [9.17, 15) is 9.90 Å². The van der Waals surface area contributed by atoms with Crippen molar-refractivity contribution >= 4 is 5.97 Å². The minimum absolute atomic E-state index is 0.229. The Bertz CT molecular complexity index is 688. The van der Waals surface area contributed by atoms with E-state index in [1.54, 1.807) is 0 Å². The lowest BCUT2D eigenvalue weighted by atomic mass is 9.46. The topological polar surface area (TPSA) is 46.5 Å². The molecule has 0 amide bonds. The van der Waals surface area contributed by atoms with E-state index in [0.717, 1.165) is 18.3 Å². The second-order valence-corrected chi connectivity index (χ2v) is 10.0. The summed E-state index contributed by atoms with van der Waals surface area (Å²) >= 11 is 0. The van der Waals surface area contributed by atoms with Crippen LogP contribution in [-0.4, -0.2) is 23.8 Å². The number of aliphatic hydroxyl groups is 1. The minimum atomic E-state index is -0.615. The van der Waals surface area contributed by atoms with Crippen molar-refractivity contribution in [3.05, 3.63) is 35.5 Å². The van der Waals surface area contributed by atoms with Crippen molar-refractivity contribution in [1.82, 2.24) is 0 Å². The molecule has 156 valence electrons. The molecule has 0 spiro atoms. The first-order chi connectivity index (χ1) is 13.2. The third-order valence-electron chi connectivity index (χ3n) is 8.43. The molecule has 3 aliphatic rings. The molecule has 1 N–H and O–H groups in total. The van der Waals surface area contributed by atoms with Crippen LogP contribution >= 0.6 is 0 Å². The van der Waals surface area contributed by atoms with Gasteiger partial charge in [0.15, 0.2) is 0 Å². The molecule has 3 heteroatoms. The van der Waals surface area contributed by atoms with Gasteiger partial charge in [0.2, 0.25) is 0 Å². The molecule has 0 bridgehead atoms. The van der Waals surface area contributed by atoms with Crippen molar-refractivity contribution in [2.45, 2.75) is 85.2 Å². The highest BCUT2D eigenvalue weighted by Gasteiger charge is 2.53. The maximum atomic E-state index is 11.2. The molecular weight excluding hydrogens is 348 g/mol. The molecule has 1 aliphatic heterocycles. The highest BCUT2D eigenvalue weighted by Crippen LogP contribution is 2.62. The minimum Gasteiger partial charge on any atom is -0.458 e. The van der Waals surface area contributed by atoms with Crippen LogP contribution in [0.2, 0.25) is 0 Å². The SMILES string of the molecule is C=C1CCCC2[C@](C)(CC/C(C)=C/CC(O)C3=CC(=O)OC3)[C@@H](C)CC[C@]12C. The smallest absolute Gasteiger partial charge is 0.331 e. The van der Waals surface area contributed by atoms with Gasteiger partial charge < -0.3 is 9.84 Å². The fraction of sp³-hybridized carbons (Fsp3) is 0.720. The van der Waals surface area contributed by atoms with E-state index in [1.165, 1.54) is 55.7 Å². The van der Waals surface area contributed by atoms with Gasteiger partial charge in [-0.15, -0.1) is 0 Å². The van der Waals surface area contributed by atoms with Gasteiger partial charge in [-0.3, -0.25) is 0 Å². The Morgan fingerprint density at radius 3 is 2.86 bits per heavy atom. The first-order valence-corrected chi connectivity index (χ1v) is 11.1. The average molecular weight is 387 g/mol. The molecule has 0 aromatic rings. The van der Waals surface area contributed by atoms with Crippen LogP contribution < -0.4 is 0 Å². The summed E-state index contributed by atoms with van der Waals surface area (Å²) < 4.78 is 4.89. The maximum Gasteiger partial charge on any atom is 0.331 e. The first kappa shape index (κ1) is 21.4. The molecule has 2 fully saturated rings. The molecular formula is C25H38O3. The van der Waals surface area contributed by atoms with Crippen molar-refractivity contribution in [3.8, 4) is 0 Å². The number of ether oxygens (including phenoxy) is 1. The van der Waals surface area contributed by atoms with Crippen molar-refractivity contribution < 1.29 is 14.6 Å². The number of fused-ring (bicyclic) bond motifs is 1. The molecule has 0 aromatic heterocycles. The number of hydrogen-bond acceptors (Lipinski definition) is 3. The number of allylic oxidation sites excluding steroid dienone is 2. The van der Waals surface area contributed by atoms with E-state index in [0.29, 0.717) is 22.8 Å². The Kier molecular flexibility index (Phi) is 6.24. The predicted molar refractivity (Wildman–Crippen MR) is 114 cm³/mol. The summed E-state index contributed by atoms with van der Waals surface area (Å²) in [4.78, 5) is 11.2. The standard InChI is InChI=1S/C25H38O3/c1-17(9-10-21(26)20-15-23(27)28-16-20)11-13-24(4)19(3)12-14-25(5)18(2)7-6-8-22(24)25/h9,15,19,21-22,26H,2,6-8,10-14,16H2,1,3-5H3/b17-9+/t19-,21?,22?,24+,25+/m0/s1. The number of carbonyl (C=O) groups excluding carboxylic acids is 1. The summed E-state index contributed by atoms with van der Waals surface area (Å²) in [6, 6.07) is 0. The van der Waals surface area contributed by atoms with Gasteiger partial charge >= 0.3 is 5.97 Å². The summed E-state index contributed by atoms with van der Waals surface area (Å²) in [7, 11) is 0. The van der Waals surface area contributed by atoms with Gasteiger partial charge in [-0.05, 0) is 81.0 Å². The van der Waals surface area contributed by atoms with Crippen LogP contribution in [0.5, 0.6) is 0 Å². The third-order valence-corrected chi connectivity index (χ3v) is 8.43. The monoisotopic (exact) mass is 386 g/mol. The second kappa shape index (κ2) is 8.18. The zero-order valence-corrected chi connectivity index (χ0v) is 18.2. The first-order valence-electron chi connectivity index (χ1n) is 11.1. The maximum absolute atomic E-state index is 11.2. The van der Waals surface area contributed by atoms with E-state index >= 15 is 0 Å². The normalized spacial score (nSPS) is 37.3. The predicted octanol–water partition coefficient (Wildman–Crippen LogP) is 5.75. The summed E-state index contributed by atoms with van der Waals surface area (Å²) in [5, 5.41) is 10.3. The van der Waals surface area contributed by atoms with Crippen LogP contribution in [0.3, 0.4) is 0 Å². The largest absolute Gasteiger partial charge is 0.458 e. The molecule has 0 radical (unpaired) electrons. The molecule has 5 atom stereocenters. The molecule has 28 heavy (non-hydrogen) atoms. The van der Waals surface area contributed by atoms with Crippen LogP contribution in [0.1, 0.15) is 79.1 Å². The van der Waals surface area contributed by atoms with Crippen molar-refractivity contribution in [2.24, 2.45) is 22.7 Å². The van der Waals surface area contributed by atoms with Gasteiger partial charge in [-0.1, -0.05) is 44.6 Å². The van der Waals surface area contributed by atoms with Gasteiger partial charge in [-0.25, -0.2) is 4.79 Å². The lowest BCUT2D eigenvalue weighted by Gasteiger charge is -2.59. The highest BCUT2D eigenvalue weighted by molar-refractivity contribution is 5.85. The second-order valence-electron chi connectivity index (χ2n) is 10.0. The van der Waals surface area contributed by atoms with Gasteiger partial charge in [-0.2, -0.15) is 0 Å². The van der Waals surface area contributed by atoms with Crippen molar-refractivity contribution in [2.75, 3.05) is 6.61 Å². The number of carbonyl (C=O) groups is 1. The van der Waals surface area contributed by atoms with Gasteiger partial charge in [0.25, 0.3) is 0 Å². The zero-order valence-electron chi connectivity index (χ0n) is 18.2. The van der Waals surface area contributed by atoms with Gasteiger partial charge in [0.1, 0.15) is 6.61 Å². The number of rotatable bonds is 6. The lowest BCUT2D eigenvalue weighted by Crippen LogP contribution is -2.50. The lowest BCUT2D eigenvalue weighted by molar-refractivity contribution is -0.135. The summed E-state index contributed by atoms with van der Waals surface area (Å²) in [5.41, 5.74) is 4.17. The van der Waals surface area contributed by atoms with Crippen molar-refractivity contribution in [3.63, 3.8) is 0 Å². The molecule has 3 rings (SSSR count). The Labute approximate surface area is 170 Å². The number of esters is 1. The van der Waals surface area contributed by atoms with E-state index in [1.807, 2.05) is 0 Å². The Balaban J connectivity index is 1.63. The molecule has 2 unspecified atom stereocenters. The van der Waals surface area contributed by atoms with Crippen LogP contribution in [0.15, 0.2) is 35.5 Å². The van der Waals surface area contributed by atoms with E-state index in [4.69, 9.17) is 4.74 Å².